The molecular formula is C16H18N4O2S. The number of hydrogen-bond acceptors (Lipinski definition) is 5. The topological polar surface area (TPSA) is 69.0 Å². The third kappa shape index (κ3) is 3.19. The van der Waals surface area contributed by atoms with E-state index >= 15 is 0 Å². The van der Waals surface area contributed by atoms with Gasteiger partial charge in [-0.3, -0.25) is 4.79 Å². The van der Waals surface area contributed by atoms with E-state index in [1.807, 2.05) is 24.3 Å². The summed E-state index contributed by atoms with van der Waals surface area (Å²) < 4.78 is 7.70. The Hall–Kier alpha value is -2.02. The molecule has 0 unspecified atom stereocenters. The smallest absolute Gasteiger partial charge is 0.230 e. The van der Waals surface area contributed by atoms with Gasteiger partial charge in [0, 0.05) is 18.0 Å². The van der Waals surface area contributed by atoms with Crippen molar-refractivity contribution in [1.82, 2.24) is 20.1 Å². The molecule has 1 N–H and O–H groups in total. The summed E-state index contributed by atoms with van der Waals surface area (Å²) in [5.74, 6) is 1.23. The van der Waals surface area contributed by atoms with Gasteiger partial charge in [0.2, 0.25) is 5.91 Å². The fourth-order valence-corrected chi connectivity index (χ4v) is 3.59. The summed E-state index contributed by atoms with van der Waals surface area (Å²) in [4.78, 5) is 12.3. The zero-order valence-electron chi connectivity index (χ0n) is 12.6. The number of ether oxygens (including phenoxy) is 1. The van der Waals surface area contributed by atoms with Crippen molar-refractivity contribution in [2.45, 2.75) is 36.5 Å². The van der Waals surface area contributed by atoms with Gasteiger partial charge >= 0.3 is 0 Å². The van der Waals surface area contributed by atoms with E-state index in [1.165, 1.54) is 24.6 Å². The number of nitrogens with zero attached hydrogens (tertiary/aromatic N) is 3. The Balaban J connectivity index is 1.36. The van der Waals surface area contributed by atoms with Crippen LogP contribution < -0.4 is 10.1 Å². The number of para-hydroxylation sites is 1. The minimum atomic E-state index is 0.0158. The van der Waals surface area contributed by atoms with Crippen LogP contribution in [0.15, 0.2) is 35.7 Å². The average molecular weight is 330 g/mol. The molecule has 0 saturated heterocycles. The summed E-state index contributed by atoms with van der Waals surface area (Å²) in [6, 6.07) is 8.42. The van der Waals surface area contributed by atoms with Gasteiger partial charge in [-0.1, -0.05) is 30.0 Å². The second-order valence-electron chi connectivity index (χ2n) is 5.84. The monoisotopic (exact) mass is 330 g/mol. The number of carbonyl (C=O) groups is 1. The highest BCUT2D eigenvalue weighted by atomic mass is 32.2. The van der Waals surface area contributed by atoms with Crippen molar-refractivity contribution in [3.63, 3.8) is 0 Å². The van der Waals surface area contributed by atoms with Crippen LogP contribution in [0.2, 0.25) is 0 Å². The summed E-state index contributed by atoms with van der Waals surface area (Å²) >= 11 is 1.45. The molecule has 1 saturated carbocycles. The molecule has 2 aromatic rings. The van der Waals surface area contributed by atoms with Crippen molar-refractivity contribution < 1.29 is 9.53 Å². The largest absolute Gasteiger partial charge is 0.493 e. The van der Waals surface area contributed by atoms with Crippen LogP contribution in [0.3, 0.4) is 0 Å². The first-order valence-corrected chi connectivity index (χ1v) is 8.83. The fraction of sp³-hybridized carbons (Fsp3) is 0.438. The summed E-state index contributed by atoms with van der Waals surface area (Å²) in [5.41, 5.74) is 1.05. The van der Waals surface area contributed by atoms with Gasteiger partial charge in [-0.15, -0.1) is 10.2 Å². The summed E-state index contributed by atoms with van der Waals surface area (Å²) in [6.07, 6.45) is 4.91. The molecule has 0 radical (unpaired) electrons. The van der Waals surface area contributed by atoms with Crippen molar-refractivity contribution in [3.8, 4) is 5.75 Å². The Morgan fingerprint density at radius 1 is 1.35 bits per heavy atom. The Morgan fingerprint density at radius 3 is 3.09 bits per heavy atom. The molecule has 2 aliphatic rings. The molecule has 0 bridgehead atoms. The lowest BCUT2D eigenvalue weighted by Crippen LogP contribution is -2.33. The maximum Gasteiger partial charge on any atom is 0.230 e. The minimum Gasteiger partial charge on any atom is -0.493 e. The van der Waals surface area contributed by atoms with Crippen molar-refractivity contribution in [1.29, 1.82) is 0 Å². The number of benzene rings is 1. The standard InChI is InChI=1S/C16H18N4O2S/c21-15(9-23-16-19-17-10-20(16)11-5-6-11)18-13-7-8-22-14-4-2-1-3-12(13)14/h1-4,10-11,13H,5-9H2,(H,18,21)/t13-/m0/s1. The van der Waals surface area contributed by atoms with Gasteiger partial charge in [0.25, 0.3) is 0 Å². The number of nitrogens with one attached hydrogen (secondary N) is 1. The van der Waals surface area contributed by atoms with Gasteiger partial charge in [-0.25, -0.2) is 0 Å². The van der Waals surface area contributed by atoms with E-state index in [2.05, 4.69) is 20.1 Å². The third-order valence-corrected chi connectivity index (χ3v) is 5.06. The van der Waals surface area contributed by atoms with E-state index in [0.717, 1.165) is 22.9 Å². The van der Waals surface area contributed by atoms with Gasteiger partial charge in [0.05, 0.1) is 18.4 Å². The highest BCUT2D eigenvalue weighted by Crippen LogP contribution is 2.37. The van der Waals surface area contributed by atoms with Crippen molar-refractivity contribution in [3.05, 3.63) is 36.2 Å². The molecular weight excluding hydrogens is 312 g/mol. The van der Waals surface area contributed by atoms with Gasteiger partial charge in [0.15, 0.2) is 5.16 Å². The van der Waals surface area contributed by atoms with Crippen LogP contribution in [0.1, 0.15) is 36.9 Å². The lowest BCUT2D eigenvalue weighted by molar-refractivity contribution is -0.119. The van der Waals surface area contributed by atoms with E-state index in [9.17, 15) is 4.79 Å². The van der Waals surface area contributed by atoms with Crippen LogP contribution in [-0.2, 0) is 4.79 Å². The molecule has 1 aromatic carbocycles. The van der Waals surface area contributed by atoms with Gasteiger partial charge in [-0.05, 0) is 18.9 Å². The summed E-state index contributed by atoms with van der Waals surface area (Å²) in [5, 5.41) is 12.0. The lowest BCUT2D eigenvalue weighted by atomic mass is 10.0. The van der Waals surface area contributed by atoms with E-state index in [4.69, 9.17) is 4.74 Å². The van der Waals surface area contributed by atoms with Crippen LogP contribution in [-0.4, -0.2) is 33.0 Å². The first-order valence-electron chi connectivity index (χ1n) is 7.84. The predicted molar refractivity (Wildman–Crippen MR) is 86.5 cm³/mol. The number of amides is 1. The molecule has 1 aliphatic heterocycles. The SMILES string of the molecule is O=C(CSc1nncn1C1CC1)N[C@H]1CCOc2ccccc21. The Kier molecular flexibility index (Phi) is 3.95. The zero-order chi connectivity index (χ0) is 15.6. The van der Waals surface area contributed by atoms with E-state index in [0.29, 0.717) is 18.4 Å². The first kappa shape index (κ1) is 14.6. The average Bonchev–Trinajstić information content (AvgIpc) is 3.31. The Morgan fingerprint density at radius 2 is 2.22 bits per heavy atom. The summed E-state index contributed by atoms with van der Waals surface area (Å²) in [7, 11) is 0. The highest BCUT2D eigenvalue weighted by Gasteiger charge is 2.27. The van der Waals surface area contributed by atoms with Crippen molar-refractivity contribution in [2.24, 2.45) is 0 Å². The highest BCUT2D eigenvalue weighted by molar-refractivity contribution is 7.99. The van der Waals surface area contributed by atoms with Crippen LogP contribution in [0.5, 0.6) is 5.75 Å². The quantitative estimate of drug-likeness (QED) is 0.852. The van der Waals surface area contributed by atoms with E-state index in [1.54, 1.807) is 6.33 Å². The van der Waals surface area contributed by atoms with Crippen LogP contribution in [0.4, 0.5) is 0 Å². The molecule has 6 nitrogen and oxygen atoms in total. The zero-order valence-corrected chi connectivity index (χ0v) is 13.5. The molecule has 1 aromatic heterocycles. The molecule has 7 heteroatoms. The van der Waals surface area contributed by atoms with E-state index < -0.39 is 0 Å². The van der Waals surface area contributed by atoms with Gasteiger partial charge < -0.3 is 14.6 Å². The molecule has 4 rings (SSSR count). The minimum absolute atomic E-state index is 0.0158. The normalized spacial score (nSPS) is 19.7. The van der Waals surface area contributed by atoms with E-state index in [-0.39, 0.29) is 11.9 Å². The number of fused-ring (bicyclic) bond motifs is 1. The molecule has 23 heavy (non-hydrogen) atoms. The third-order valence-electron chi connectivity index (χ3n) is 4.11. The molecule has 1 amide bonds. The lowest BCUT2D eigenvalue weighted by Gasteiger charge is -2.26. The fourth-order valence-electron chi connectivity index (χ4n) is 2.80. The Bertz CT molecular complexity index is 714. The number of aromatic nitrogens is 3. The maximum absolute atomic E-state index is 12.3. The van der Waals surface area contributed by atoms with Crippen LogP contribution in [0, 0.1) is 0 Å². The molecule has 120 valence electrons. The van der Waals surface area contributed by atoms with Crippen molar-refractivity contribution in [2.75, 3.05) is 12.4 Å². The van der Waals surface area contributed by atoms with Crippen molar-refractivity contribution >= 4 is 17.7 Å². The number of hydrogen-bond donors (Lipinski definition) is 1. The Labute approximate surface area is 138 Å². The maximum atomic E-state index is 12.3. The molecule has 1 fully saturated rings. The second kappa shape index (κ2) is 6.23. The van der Waals surface area contributed by atoms with Crippen LogP contribution in [0.25, 0.3) is 0 Å². The molecule has 1 aliphatic carbocycles. The number of carbonyl (C=O) groups excluding carboxylic acids is 1. The summed E-state index contributed by atoms with van der Waals surface area (Å²) in [6.45, 7) is 0.630. The molecule has 2 heterocycles. The number of thioether (sulfide) groups is 1. The van der Waals surface area contributed by atoms with Gasteiger partial charge in [0.1, 0.15) is 12.1 Å². The predicted octanol–water partition coefficient (Wildman–Crippen LogP) is 2.35. The van der Waals surface area contributed by atoms with Crippen LogP contribution >= 0.6 is 11.8 Å². The second-order valence-corrected chi connectivity index (χ2v) is 6.78. The molecule has 1 atom stereocenters. The first-order chi connectivity index (χ1) is 11.3. The van der Waals surface area contributed by atoms with Gasteiger partial charge in [-0.2, -0.15) is 0 Å². The molecule has 0 spiro atoms. The number of rotatable bonds is 5.